The molecule has 0 aliphatic carbocycles. The first kappa shape index (κ1) is 14.5. The number of hydrogen-bond acceptors (Lipinski definition) is 2. The molecule has 0 amide bonds. The lowest BCUT2D eigenvalue weighted by Crippen LogP contribution is -2.11. The quantitative estimate of drug-likeness (QED) is 0.874. The molecule has 20 heavy (non-hydrogen) atoms. The Morgan fingerprint density at radius 1 is 1.05 bits per heavy atom. The highest BCUT2D eigenvalue weighted by molar-refractivity contribution is 5.41. The van der Waals surface area contributed by atoms with Crippen molar-refractivity contribution in [3.8, 4) is 11.5 Å². The van der Waals surface area contributed by atoms with Crippen molar-refractivity contribution in [2.75, 3.05) is 6.54 Å². The molecule has 106 valence electrons. The standard InChI is InChI=1S/C17H20FNO/c1-4-19-11-14-6-5-12(2)17(10-14)20-15-7-8-16(18)13(3)9-15/h5-10,19H,4,11H2,1-3H3. The zero-order chi connectivity index (χ0) is 14.5. The van der Waals surface area contributed by atoms with Crippen molar-refractivity contribution in [1.82, 2.24) is 5.32 Å². The van der Waals surface area contributed by atoms with Gasteiger partial charge in [0, 0.05) is 6.54 Å². The minimum absolute atomic E-state index is 0.213. The second-order valence-corrected chi connectivity index (χ2v) is 4.89. The number of halogens is 1. The van der Waals surface area contributed by atoms with Crippen LogP contribution in [0.2, 0.25) is 0 Å². The molecule has 2 nitrogen and oxygen atoms in total. The summed E-state index contributed by atoms with van der Waals surface area (Å²) in [4.78, 5) is 0. The molecule has 0 heterocycles. The molecule has 0 fully saturated rings. The van der Waals surface area contributed by atoms with E-state index in [0.717, 1.165) is 24.4 Å². The van der Waals surface area contributed by atoms with Gasteiger partial charge in [-0.15, -0.1) is 0 Å². The monoisotopic (exact) mass is 273 g/mol. The summed E-state index contributed by atoms with van der Waals surface area (Å²) in [7, 11) is 0. The summed E-state index contributed by atoms with van der Waals surface area (Å²) in [5.74, 6) is 1.26. The summed E-state index contributed by atoms with van der Waals surface area (Å²) in [5, 5.41) is 3.29. The Morgan fingerprint density at radius 2 is 1.85 bits per heavy atom. The van der Waals surface area contributed by atoms with Crippen LogP contribution in [-0.2, 0) is 6.54 Å². The second kappa shape index (κ2) is 6.53. The van der Waals surface area contributed by atoms with E-state index >= 15 is 0 Å². The molecule has 0 aliphatic rings. The number of hydrogen-bond donors (Lipinski definition) is 1. The highest BCUT2D eigenvalue weighted by atomic mass is 19.1. The van der Waals surface area contributed by atoms with Crippen molar-refractivity contribution >= 4 is 0 Å². The van der Waals surface area contributed by atoms with Gasteiger partial charge in [-0.2, -0.15) is 0 Å². The van der Waals surface area contributed by atoms with E-state index in [1.165, 1.54) is 11.6 Å². The number of nitrogens with one attached hydrogen (secondary N) is 1. The Balaban J connectivity index is 2.20. The van der Waals surface area contributed by atoms with Crippen molar-refractivity contribution < 1.29 is 9.13 Å². The van der Waals surface area contributed by atoms with Crippen molar-refractivity contribution in [2.45, 2.75) is 27.3 Å². The van der Waals surface area contributed by atoms with Crippen LogP contribution in [0.4, 0.5) is 4.39 Å². The maximum Gasteiger partial charge on any atom is 0.130 e. The van der Waals surface area contributed by atoms with Crippen LogP contribution in [0.3, 0.4) is 0 Å². The number of rotatable bonds is 5. The van der Waals surface area contributed by atoms with E-state index in [9.17, 15) is 4.39 Å². The molecule has 0 aromatic heterocycles. The van der Waals surface area contributed by atoms with Crippen molar-refractivity contribution in [3.05, 3.63) is 58.9 Å². The molecule has 1 N–H and O–H groups in total. The van der Waals surface area contributed by atoms with Gasteiger partial charge in [0.1, 0.15) is 17.3 Å². The molecule has 0 radical (unpaired) electrons. The van der Waals surface area contributed by atoms with E-state index in [-0.39, 0.29) is 5.82 Å². The van der Waals surface area contributed by atoms with Crippen LogP contribution in [0.15, 0.2) is 36.4 Å². The summed E-state index contributed by atoms with van der Waals surface area (Å²) in [6.45, 7) is 7.56. The maximum atomic E-state index is 13.3. The van der Waals surface area contributed by atoms with Crippen LogP contribution in [0, 0.1) is 19.7 Å². The van der Waals surface area contributed by atoms with Gasteiger partial charge in [0.05, 0.1) is 0 Å². The summed E-state index contributed by atoms with van der Waals surface area (Å²) < 4.78 is 19.1. The molecule has 2 aromatic rings. The van der Waals surface area contributed by atoms with Crippen LogP contribution in [-0.4, -0.2) is 6.54 Å². The third-order valence-corrected chi connectivity index (χ3v) is 3.19. The Kier molecular flexibility index (Phi) is 4.74. The SMILES string of the molecule is CCNCc1ccc(C)c(Oc2ccc(F)c(C)c2)c1. The molecule has 3 heteroatoms. The molecule has 0 unspecified atom stereocenters. The van der Waals surface area contributed by atoms with Gasteiger partial charge in [-0.25, -0.2) is 4.39 Å². The van der Waals surface area contributed by atoms with Gasteiger partial charge in [0.2, 0.25) is 0 Å². The van der Waals surface area contributed by atoms with Crippen LogP contribution < -0.4 is 10.1 Å². The van der Waals surface area contributed by atoms with E-state index in [1.807, 2.05) is 19.1 Å². The van der Waals surface area contributed by atoms with Crippen LogP contribution >= 0.6 is 0 Å². The summed E-state index contributed by atoms with van der Waals surface area (Å²) in [5.41, 5.74) is 2.82. The Bertz CT molecular complexity index is 596. The first-order chi connectivity index (χ1) is 9.60. The van der Waals surface area contributed by atoms with Gasteiger partial charge < -0.3 is 10.1 Å². The summed E-state index contributed by atoms with van der Waals surface area (Å²) in [6, 6.07) is 10.9. The molecule has 0 bridgehead atoms. The average Bonchev–Trinajstić information content (AvgIpc) is 2.44. The van der Waals surface area contributed by atoms with Gasteiger partial charge in [-0.1, -0.05) is 19.1 Å². The molecule has 0 saturated heterocycles. The predicted molar refractivity (Wildman–Crippen MR) is 79.8 cm³/mol. The zero-order valence-electron chi connectivity index (χ0n) is 12.2. The molecule has 0 aliphatic heterocycles. The molecule has 0 atom stereocenters. The molecular formula is C17H20FNO. The van der Waals surface area contributed by atoms with Crippen molar-refractivity contribution in [3.63, 3.8) is 0 Å². The zero-order valence-corrected chi connectivity index (χ0v) is 12.2. The lowest BCUT2D eigenvalue weighted by atomic mass is 10.1. The van der Waals surface area contributed by atoms with E-state index in [0.29, 0.717) is 11.3 Å². The fourth-order valence-electron chi connectivity index (χ4n) is 1.94. The van der Waals surface area contributed by atoms with Gasteiger partial charge in [0.15, 0.2) is 0 Å². The predicted octanol–water partition coefficient (Wildman–Crippen LogP) is 4.34. The minimum Gasteiger partial charge on any atom is -0.457 e. The topological polar surface area (TPSA) is 21.3 Å². The van der Waals surface area contributed by atoms with Gasteiger partial charge in [0.25, 0.3) is 0 Å². The molecule has 0 saturated carbocycles. The lowest BCUT2D eigenvalue weighted by molar-refractivity contribution is 0.475. The Morgan fingerprint density at radius 3 is 2.55 bits per heavy atom. The Labute approximate surface area is 119 Å². The van der Waals surface area contributed by atoms with Gasteiger partial charge >= 0.3 is 0 Å². The number of aryl methyl sites for hydroxylation is 2. The number of benzene rings is 2. The average molecular weight is 273 g/mol. The lowest BCUT2D eigenvalue weighted by Gasteiger charge is -2.11. The van der Waals surface area contributed by atoms with Gasteiger partial charge in [-0.3, -0.25) is 0 Å². The second-order valence-electron chi connectivity index (χ2n) is 4.89. The van der Waals surface area contributed by atoms with E-state index in [4.69, 9.17) is 4.74 Å². The normalized spacial score (nSPS) is 10.6. The third-order valence-electron chi connectivity index (χ3n) is 3.19. The van der Waals surface area contributed by atoms with Crippen LogP contribution in [0.1, 0.15) is 23.6 Å². The van der Waals surface area contributed by atoms with E-state index in [2.05, 4.69) is 18.3 Å². The smallest absolute Gasteiger partial charge is 0.130 e. The van der Waals surface area contributed by atoms with E-state index < -0.39 is 0 Å². The summed E-state index contributed by atoms with van der Waals surface area (Å²) >= 11 is 0. The molecular weight excluding hydrogens is 253 g/mol. The van der Waals surface area contributed by atoms with Crippen molar-refractivity contribution in [1.29, 1.82) is 0 Å². The molecule has 0 spiro atoms. The molecule has 2 aromatic carbocycles. The maximum absolute atomic E-state index is 13.3. The first-order valence-electron chi connectivity index (χ1n) is 6.84. The fraction of sp³-hybridized carbons (Fsp3) is 0.294. The largest absolute Gasteiger partial charge is 0.457 e. The minimum atomic E-state index is -0.213. The summed E-state index contributed by atoms with van der Waals surface area (Å²) in [6.07, 6.45) is 0. The number of ether oxygens (including phenoxy) is 1. The molecule has 2 rings (SSSR count). The third kappa shape index (κ3) is 3.58. The van der Waals surface area contributed by atoms with E-state index in [1.54, 1.807) is 19.1 Å². The van der Waals surface area contributed by atoms with Crippen LogP contribution in [0.5, 0.6) is 11.5 Å². The highest BCUT2D eigenvalue weighted by Crippen LogP contribution is 2.27. The van der Waals surface area contributed by atoms with Gasteiger partial charge in [-0.05, 0) is 61.3 Å². The highest BCUT2D eigenvalue weighted by Gasteiger charge is 2.05. The fourth-order valence-corrected chi connectivity index (χ4v) is 1.94. The Hall–Kier alpha value is -1.87. The van der Waals surface area contributed by atoms with Crippen LogP contribution in [0.25, 0.3) is 0 Å². The van der Waals surface area contributed by atoms with Crippen molar-refractivity contribution in [2.24, 2.45) is 0 Å². The first-order valence-corrected chi connectivity index (χ1v) is 6.84.